The summed E-state index contributed by atoms with van der Waals surface area (Å²) in [6, 6.07) is 28.4. The molecule has 0 heterocycles. The molecule has 0 fully saturated rings. The van der Waals surface area contributed by atoms with Gasteiger partial charge in [-0.25, -0.2) is 4.79 Å². The zero-order valence-corrected chi connectivity index (χ0v) is 23.5. The molecular weight excluding hydrogens is 546 g/mol. The van der Waals surface area contributed by atoms with Crippen molar-refractivity contribution in [3.8, 4) is 11.5 Å². The van der Waals surface area contributed by atoms with Gasteiger partial charge < -0.3 is 9.57 Å². The molecule has 0 atom stereocenters. The topological polar surface area (TPSA) is 82.0 Å². The van der Waals surface area contributed by atoms with Gasteiger partial charge >= 0.3 is 5.97 Å². The largest absolute Gasteiger partial charge is 0.457 e. The molecule has 8 heteroatoms. The van der Waals surface area contributed by atoms with E-state index in [1.54, 1.807) is 60.7 Å². The summed E-state index contributed by atoms with van der Waals surface area (Å²) in [7, 11) is 0. The van der Waals surface area contributed by atoms with Crippen LogP contribution in [0.3, 0.4) is 0 Å². The highest BCUT2D eigenvalue weighted by atomic mass is 35.5. The third kappa shape index (κ3) is 7.91. The van der Waals surface area contributed by atoms with Crippen molar-refractivity contribution in [3.63, 3.8) is 0 Å². The van der Waals surface area contributed by atoms with Crippen molar-refractivity contribution in [2.24, 2.45) is 5.16 Å². The van der Waals surface area contributed by atoms with Gasteiger partial charge in [-0.2, -0.15) is 0 Å². The first-order valence-corrected chi connectivity index (χ1v) is 13.8. The van der Waals surface area contributed by atoms with Crippen LogP contribution < -0.4 is 4.74 Å². The summed E-state index contributed by atoms with van der Waals surface area (Å²) in [5.74, 6) is 0.625. The number of carbonyl (C=O) groups is 3. The second-order valence-electron chi connectivity index (χ2n) is 8.80. The zero-order valence-electron chi connectivity index (χ0n) is 21.9. The normalized spacial score (nSPS) is 11.1. The molecule has 202 valence electrons. The Morgan fingerprint density at radius 3 is 2.00 bits per heavy atom. The van der Waals surface area contributed by atoms with Gasteiger partial charge in [0.25, 0.3) is 0 Å². The molecule has 0 aliphatic carbocycles. The summed E-state index contributed by atoms with van der Waals surface area (Å²) in [5.41, 5.74) is 2.67. The standard InChI is InChI=1S/C32H26ClNO5S/c1-21-5-3-4-6-29(21)31(36)23-7-13-26(14-8-23)38-27-15-9-24(10-16-27)32(37)30(34-39-22(2)35)19-20-40-28-17-11-25(33)12-18-28/h3-18H,19-20H2,1-2H3. The van der Waals surface area contributed by atoms with E-state index in [2.05, 4.69) is 5.16 Å². The SMILES string of the molecule is CC(=O)ON=C(CCSc1ccc(Cl)cc1)C(=O)c1ccc(Oc2ccc(C(=O)c3ccccc3C)cc2)cc1. The number of nitrogens with zero attached hydrogens (tertiary/aromatic N) is 1. The fourth-order valence-electron chi connectivity index (χ4n) is 3.75. The Labute approximate surface area is 242 Å². The number of carbonyl (C=O) groups excluding carboxylic acids is 3. The number of oxime groups is 1. The van der Waals surface area contributed by atoms with Crippen LogP contribution in [0.25, 0.3) is 0 Å². The summed E-state index contributed by atoms with van der Waals surface area (Å²) in [4.78, 5) is 43.0. The predicted molar refractivity (Wildman–Crippen MR) is 158 cm³/mol. The minimum atomic E-state index is -0.606. The molecule has 0 aliphatic heterocycles. The van der Waals surface area contributed by atoms with Crippen LogP contribution in [0.2, 0.25) is 5.02 Å². The van der Waals surface area contributed by atoms with Crippen molar-refractivity contribution >= 4 is 46.6 Å². The van der Waals surface area contributed by atoms with Gasteiger partial charge in [0.1, 0.15) is 17.2 Å². The molecule has 0 spiro atoms. The fraction of sp³-hybridized carbons (Fsp3) is 0.125. The van der Waals surface area contributed by atoms with Crippen molar-refractivity contribution in [2.75, 3.05) is 5.75 Å². The van der Waals surface area contributed by atoms with E-state index in [0.717, 1.165) is 10.5 Å². The molecule has 0 saturated heterocycles. The third-order valence-corrected chi connectivity index (χ3v) is 7.09. The van der Waals surface area contributed by atoms with Gasteiger partial charge in [-0.1, -0.05) is 41.0 Å². The van der Waals surface area contributed by atoms with Gasteiger partial charge in [0.05, 0.1) is 0 Å². The molecule has 6 nitrogen and oxygen atoms in total. The Balaban J connectivity index is 1.39. The average molecular weight is 572 g/mol. The Bertz CT molecular complexity index is 1530. The number of ether oxygens (including phenoxy) is 1. The quantitative estimate of drug-likeness (QED) is 0.0597. The van der Waals surface area contributed by atoms with E-state index in [1.807, 2.05) is 43.3 Å². The van der Waals surface area contributed by atoms with Gasteiger partial charge in [-0.05, 0) is 85.3 Å². The highest BCUT2D eigenvalue weighted by Crippen LogP contribution is 2.25. The number of hydrogen-bond acceptors (Lipinski definition) is 7. The first kappa shape index (κ1) is 28.8. The third-order valence-electron chi connectivity index (χ3n) is 5.83. The molecule has 0 radical (unpaired) electrons. The number of ketones is 2. The second kappa shape index (κ2) is 13.7. The number of benzene rings is 4. The van der Waals surface area contributed by atoms with Crippen molar-refractivity contribution in [1.29, 1.82) is 0 Å². The molecule has 0 bridgehead atoms. The monoisotopic (exact) mass is 571 g/mol. The van der Waals surface area contributed by atoms with Crippen LogP contribution in [0.1, 0.15) is 45.2 Å². The lowest BCUT2D eigenvalue weighted by Gasteiger charge is -2.09. The lowest BCUT2D eigenvalue weighted by molar-refractivity contribution is -0.140. The number of hydrogen-bond donors (Lipinski definition) is 0. The number of rotatable bonds is 11. The van der Waals surface area contributed by atoms with E-state index in [1.165, 1.54) is 18.7 Å². The van der Waals surface area contributed by atoms with E-state index in [4.69, 9.17) is 21.2 Å². The van der Waals surface area contributed by atoms with Crippen LogP contribution >= 0.6 is 23.4 Å². The molecule has 4 aromatic carbocycles. The molecule has 0 aliphatic rings. The number of halogens is 1. The molecule has 0 N–H and O–H groups in total. The second-order valence-corrected chi connectivity index (χ2v) is 10.4. The van der Waals surface area contributed by atoms with Crippen LogP contribution in [-0.2, 0) is 9.63 Å². The maximum atomic E-state index is 13.1. The van der Waals surface area contributed by atoms with Gasteiger partial charge in [-0.15, -0.1) is 11.8 Å². The summed E-state index contributed by atoms with van der Waals surface area (Å²) in [6.07, 6.45) is 0.297. The summed E-state index contributed by atoms with van der Waals surface area (Å²) in [6.45, 7) is 3.13. The van der Waals surface area contributed by atoms with Gasteiger partial charge in [-0.3, -0.25) is 9.59 Å². The highest BCUT2D eigenvalue weighted by molar-refractivity contribution is 7.99. The van der Waals surface area contributed by atoms with Crippen molar-refractivity contribution in [3.05, 3.63) is 124 Å². The molecular formula is C32H26ClNO5S. The predicted octanol–water partition coefficient (Wildman–Crippen LogP) is 7.96. The maximum Gasteiger partial charge on any atom is 0.331 e. The van der Waals surface area contributed by atoms with E-state index in [9.17, 15) is 14.4 Å². The molecule has 0 unspecified atom stereocenters. The van der Waals surface area contributed by atoms with Crippen LogP contribution in [0.15, 0.2) is 107 Å². The van der Waals surface area contributed by atoms with E-state index in [0.29, 0.717) is 45.4 Å². The van der Waals surface area contributed by atoms with Gasteiger partial charge in [0.2, 0.25) is 5.78 Å². The Morgan fingerprint density at radius 1 is 0.800 bits per heavy atom. The Morgan fingerprint density at radius 2 is 1.40 bits per heavy atom. The van der Waals surface area contributed by atoms with Crippen molar-refractivity contribution < 1.29 is 24.0 Å². The van der Waals surface area contributed by atoms with E-state index in [-0.39, 0.29) is 17.3 Å². The minimum Gasteiger partial charge on any atom is -0.457 e. The maximum absolute atomic E-state index is 13.1. The molecule has 0 saturated carbocycles. The number of Topliss-reactive ketones (excluding diaryl/α,β-unsaturated/α-hetero) is 1. The highest BCUT2D eigenvalue weighted by Gasteiger charge is 2.17. The first-order valence-electron chi connectivity index (χ1n) is 12.5. The summed E-state index contributed by atoms with van der Waals surface area (Å²) >= 11 is 7.47. The van der Waals surface area contributed by atoms with Crippen LogP contribution in [0, 0.1) is 6.92 Å². The lowest BCUT2D eigenvalue weighted by atomic mass is 9.99. The zero-order chi connectivity index (χ0) is 28.5. The Kier molecular flexibility index (Phi) is 9.89. The summed E-state index contributed by atoms with van der Waals surface area (Å²) < 4.78 is 5.90. The Hall–Kier alpha value is -4.20. The number of aryl methyl sites for hydroxylation is 1. The van der Waals surface area contributed by atoms with Crippen LogP contribution in [0.4, 0.5) is 0 Å². The van der Waals surface area contributed by atoms with Gasteiger partial charge in [0, 0.05) is 45.7 Å². The molecule has 4 rings (SSSR count). The van der Waals surface area contributed by atoms with E-state index < -0.39 is 5.97 Å². The first-order chi connectivity index (χ1) is 19.3. The van der Waals surface area contributed by atoms with Crippen LogP contribution in [0.5, 0.6) is 11.5 Å². The molecule has 0 amide bonds. The lowest BCUT2D eigenvalue weighted by Crippen LogP contribution is -2.16. The molecule has 4 aromatic rings. The van der Waals surface area contributed by atoms with Gasteiger partial charge in [0.15, 0.2) is 5.78 Å². The molecule has 40 heavy (non-hydrogen) atoms. The summed E-state index contributed by atoms with van der Waals surface area (Å²) in [5, 5.41) is 4.46. The fourth-order valence-corrected chi connectivity index (χ4v) is 4.74. The van der Waals surface area contributed by atoms with E-state index >= 15 is 0 Å². The minimum absolute atomic E-state index is 0.0506. The van der Waals surface area contributed by atoms with Crippen molar-refractivity contribution in [1.82, 2.24) is 0 Å². The smallest absolute Gasteiger partial charge is 0.331 e. The van der Waals surface area contributed by atoms with Crippen molar-refractivity contribution in [2.45, 2.75) is 25.2 Å². The number of thioether (sulfide) groups is 1. The van der Waals surface area contributed by atoms with Crippen LogP contribution in [-0.4, -0.2) is 29.0 Å². The average Bonchev–Trinajstić information content (AvgIpc) is 2.96. The molecule has 0 aromatic heterocycles.